The van der Waals surface area contributed by atoms with E-state index in [1.54, 1.807) is 18.2 Å². The summed E-state index contributed by atoms with van der Waals surface area (Å²) in [5.41, 5.74) is 3.50. The second-order valence-corrected chi connectivity index (χ2v) is 6.55. The number of amides is 1. The van der Waals surface area contributed by atoms with Crippen molar-refractivity contribution in [2.45, 2.75) is 20.8 Å². The molecule has 1 heterocycles. The Morgan fingerprint density at radius 3 is 2.52 bits per heavy atom. The van der Waals surface area contributed by atoms with Crippen LogP contribution < -0.4 is 10.2 Å². The number of benzene rings is 2. The van der Waals surface area contributed by atoms with E-state index in [4.69, 9.17) is 11.6 Å². The molecule has 1 N–H and O–H groups in total. The highest BCUT2D eigenvalue weighted by Gasteiger charge is 2.16. The number of hydrogen-bond acceptors (Lipinski definition) is 4. The van der Waals surface area contributed by atoms with Crippen LogP contribution in [0.1, 0.15) is 28.7 Å². The van der Waals surface area contributed by atoms with Gasteiger partial charge in [0.15, 0.2) is 0 Å². The number of para-hydroxylation sites is 1. The summed E-state index contributed by atoms with van der Waals surface area (Å²) in [4.78, 5) is 23.7. The van der Waals surface area contributed by atoms with Gasteiger partial charge in [-0.3, -0.25) is 4.79 Å². The van der Waals surface area contributed by atoms with Gasteiger partial charge in [0.1, 0.15) is 5.69 Å². The van der Waals surface area contributed by atoms with Gasteiger partial charge in [0.05, 0.1) is 0 Å². The van der Waals surface area contributed by atoms with Gasteiger partial charge in [-0.1, -0.05) is 35.9 Å². The van der Waals surface area contributed by atoms with Gasteiger partial charge in [-0.2, -0.15) is 0 Å². The first-order chi connectivity index (χ1) is 13.0. The lowest BCUT2D eigenvalue weighted by Gasteiger charge is -2.21. The van der Waals surface area contributed by atoms with Gasteiger partial charge in [-0.05, 0) is 56.7 Å². The molecule has 3 aromatic rings. The molecular formula is C21H21ClN4O. The van der Waals surface area contributed by atoms with Gasteiger partial charge in [0.2, 0.25) is 5.95 Å². The van der Waals surface area contributed by atoms with Crippen molar-refractivity contribution >= 4 is 34.8 Å². The van der Waals surface area contributed by atoms with Crippen molar-refractivity contribution in [3.63, 3.8) is 0 Å². The molecule has 1 aromatic heterocycles. The van der Waals surface area contributed by atoms with E-state index in [9.17, 15) is 4.79 Å². The van der Waals surface area contributed by atoms with Crippen LogP contribution in [0.15, 0.2) is 54.6 Å². The first-order valence-corrected chi connectivity index (χ1v) is 9.12. The lowest BCUT2D eigenvalue weighted by Crippen LogP contribution is -2.22. The third-order valence-corrected chi connectivity index (χ3v) is 4.63. The van der Waals surface area contributed by atoms with Crippen molar-refractivity contribution in [1.29, 1.82) is 0 Å². The van der Waals surface area contributed by atoms with E-state index in [2.05, 4.69) is 15.3 Å². The maximum Gasteiger partial charge on any atom is 0.274 e. The Morgan fingerprint density at radius 1 is 1.07 bits per heavy atom. The van der Waals surface area contributed by atoms with Crippen LogP contribution in [0.3, 0.4) is 0 Å². The second kappa shape index (κ2) is 8.18. The average Bonchev–Trinajstić information content (AvgIpc) is 2.66. The highest BCUT2D eigenvalue weighted by Crippen LogP contribution is 2.25. The first-order valence-electron chi connectivity index (χ1n) is 8.74. The molecule has 0 saturated heterocycles. The number of nitrogens with zero attached hydrogens (tertiary/aromatic N) is 3. The molecule has 6 heteroatoms. The van der Waals surface area contributed by atoms with E-state index in [0.29, 0.717) is 28.9 Å². The van der Waals surface area contributed by atoms with Crippen LogP contribution in [0.25, 0.3) is 0 Å². The largest absolute Gasteiger partial charge is 0.320 e. The summed E-state index contributed by atoms with van der Waals surface area (Å²) in [6.07, 6.45) is 0. The fraction of sp³-hybridized carbons (Fsp3) is 0.190. The van der Waals surface area contributed by atoms with Gasteiger partial charge in [0.25, 0.3) is 5.91 Å². The fourth-order valence-electron chi connectivity index (χ4n) is 2.77. The number of nitrogens with one attached hydrogen (secondary N) is 1. The second-order valence-electron chi connectivity index (χ2n) is 6.14. The van der Waals surface area contributed by atoms with Gasteiger partial charge in [-0.15, -0.1) is 0 Å². The predicted molar refractivity (Wildman–Crippen MR) is 110 cm³/mol. The molecule has 0 bridgehead atoms. The zero-order valence-corrected chi connectivity index (χ0v) is 16.3. The number of hydrogen-bond donors (Lipinski definition) is 1. The Kier molecular flexibility index (Phi) is 5.72. The van der Waals surface area contributed by atoms with Crippen molar-refractivity contribution in [2.24, 2.45) is 0 Å². The molecule has 0 spiro atoms. The van der Waals surface area contributed by atoms with E-state index < -0.39 is 0 Å². The van der Waals surface area contributed by atoms with Crippen molar-refractivity contribution < 1.29 is 4.79 Å². The fourth-order valence-corrected chi connectivity index (χ4v) is 2.94. The first kappa shape index (κ1) is 18.9. The molecule has 0 fully saturated rings. The number of carbonyl (C=O) groups is 1. The predicted octanol–water partition coefficient (Wildman–Crippen LogP) is 5.16. The molecule has 0 saturated carbocycles. The number of aromatic nitrogens is 2. The summed E-state index contributed by atoms with van der Waals surface area (Å²) in [5, 5.41) is 3.49. The van der Waals surface area contributed by atoms with Crippen molar-refractivity contribution in [2.75, 3.05) is 16.8 Å². The Bertz CT molecular complexity index is 960. The van der Waals surface area contributed by atoms with E-state index >= 15 is 0 Å². The van der Waals surface area contributed by atoms with Crippen LogP contribution in [0.4, 0.5) is 17.3 Å². The maximum atomic E-state index is 12.8. The zero-order chi connectivity index (χ0) is 19.4. The van der Waals surface area contributed by atoms with Crippen LogP contribution >= 0.6 is 11.6 Å². The summed E-state index contributed by atoms with van der Waals surface area (Å²) in [6.45, 7) is 6.42. The van der Waals surface area contributed by atoms with Crippen molar-refractivity contribution in [3.8, 4) is 0 Å². The number of halogens is 1. The van der Waals surface area contributed by atoms with Crippen LogP contribution in [-0.2, 0) is 0 Å². The standard InChI is InChI=1S/C21H21ClN4O/c1-4-26(16-9-6-5-7-10-16)21-23-14(2)13-19(25-21)20(27)24-18-12-8-11-17(22)15(18)3/h5-13H,4H2,1-3H3,(H,24,27). The Balaban J connectivity index is 1.93. The number of anilines is 3. The van der Waals surface area contributed by atoms with Gasteiger partial charge >= 0.3 is 0 Å². The number of carbonyl (C=O) groups excluding carboxylic acids is 1. The van der Waals surface area contributed by atoms with Crippen LogP contribution in [0.2, 0.25) is 5.02 Å². The van der Waals surface area contributed by atoms with Gasteiger partial charge in [-0.25, -0.2) is 9.97 Å². The normalized spacial score (nSPS) is 10.5. The van der Waals surface area contributed by atoms with Gasteiger partial charge < -0.3 is 10.2 Å². The minimum absolute atomic E-state index is 0.295. The lowest BCUT2D eigenvalue weighted by molar-refractivity contribution is 0.102. The quantitative estimate of drug-likeness (QED) is 0.664. The molecule has 0 radical (unpaired) electrons. The third kappa shape index (κ3) is 4.26. The van der Waals surface area contributed by atoms with Crippen molar-refractivity contribution in [1.82, 2.24) is 9.97 Å². The van der Waals surface area contributed by atoms with Crippen LogP contribution in [0, 0.1) is 13.8 Å². The molecule has 2 aromatic carbocycles. The molecule has 0 aliphatic heterocycles. The highest BCUT2D eigenvalue weighted by atomic mass is 35.5. The minimum Gasteiger partial charge on any atom is -0.320 e. The Hall–Kier alpha value is -2.92. The Morgan fingerprint density at radius 2 is 1.81 bits per heavy atom. The average molecular weight is 381 g/mol. The highest BCUT2D eigenvalue weighted by molar-refractivity contribution is 6.31. The number of rotatable bonds is 5. The minimum atomic E-state index is -0.295. The van der Waals surface area contributed by atoms with E-state index in [1.165, 1.54) is 0 Å². The summed E-state index contributed by atoms with van der Waals surface area (Å²) >= 11 is 6.14. The molecule has 27 heavy (non-hydrogen) atoms. The van der Waals surface area contributed by atoms with Crippen molar-refractivity contribution in [3.05, 3.63) is 76.6 Å². The van der Waals surface area contributed by atoms with E-state index in [-0.39, 0.29) is 5.91 Å². The summed E-state index contributed by atoms with van der Waals surface area (Å²) in [5.74, 6) is 0.202. The monoisotopic (exact) mass is 380 g/mol. The van der Waals surface area contributed by atoms with Gasteiger partial charge in [0, 0.05) is 28.6 Å². The molecule has 3 rings (SSSR count). The van der Waals surface area contributed by atoms with E-state index in [0.717, 1.165) is 16.9 Å². The molecule has 0 aliphatic carbocycles. The summed E-state index contributed by atoms with van der Waals surface area (Å²) < 4.78 is 0. The SMILES string of the molecule is CCN(c1ccccc1)c1nc(C)cc(C(=O)Nc2cccc(Cl)c2C)n1. The Labute approximate surface area is 164 Å². The molecular weight excluding hydrogens is 360 g/mol. The summed E-state index contributed by atoms with van der Waals surface area (Å²) in [7, 11) is 0. The van der Waals surface area contributed by atoms with E-state index in [1.807, 2.05) is 62.1 Å². The molecule has 138 valence electrons. The molecule has 0 atom stereocenters. The lowest BCUT2D eigenvalue weighted by atomic mass is 10.2. The molecule has 0 aliphatic rings. The topological polar surface area (TPSA) is 58.1 Å². The molecule has 0 unspecified atom stereocenters. The number of aryl methyl sites for hydroxylation is 1. The third-order valence-electron chi connectivity index (χ3n) is 4.22. The maximum absolute atomic E-state index is 12.8. The molecule has 1 amide bonds. The van der Waals surface area contributed by atoms with Crippen LogP contribution in [-0.4, -0.2) is 22.4 Å². The van der Waals surface area contributed by atoms with Crippen LogP contribution in [0.5, 0.6) is 0 Å². The zero-order valence-electron chi connectivity index (χ0n) is 15.5. The summed E-state index contributed by atoms with van der Waals surface area (Å²) in [6, 6.07) is 16.9. The smallest absolute Gasteiger partial charge is 0.274 e. The molecule has 5 nitrogen and oxygen atoms in total.